The van der Waals surface area contributed by atoms with Crippen LogP contribution in [0.2, 0.25) is 0 Å². The Morgan fingerprint density at radius 2 is 1.97 bits per heavy atom. The lowest BCUT2D eigenvalue weighted by atomic mass is 10.1. The van der Waals surface area contributed by atoms with Gasteiger partial charge in [-0.25, -0.2) is 9.97 Å². The van der Waals surface area contributed by atoms with Crippen molar-refractivity contribution in [3.8, 4) is 23.1 Å². The molecule has 1 aliphatic rings. The number of anilines is 4. The number of nitrogens with zero attached hydrogens (tertiary/aromatic N) is 4. The number of halogens is 3. The smallest absolute Gasteiger partial charge is 0.402 e. The van der Waals surface area contributed by atoms with Gasteiger partial charge in [-0.3, -0.25) is 4.79 Å². The summed E-state index contributed by atoms with van der Waals surface area (Å²) in [5, 5.41) is 14.9. The molecule has 0 saturated carbocycles. The van der Waals surface area contributed by atoms with Gasteiger partial charge in [0.15, 0.2) is 5.75 Å². The predicted octanol–water partition coefficient (Wildman–Crippen LogP) is 4.62. The second kappa shape index (κ2) is 11.0. The maximum Gasteiger partial charge on any atom is 0.573 e. The molecule has 37 heavy (non-hydrogen) atoms. The molecule has 2 aromatic carbocycles. The molecule has 0 bridgehead atoms. The van der Waals surface area contributed by atoms with E-state index in [1.54, 1.807) is 6.07 Å². The maximum absolute atomic E-state index is 13.1. The molecule has 0 spiro atoms. The number of hydrogen-bond donors (Lipinski definition) is 2. The monoisotopic (exact) mass is 510 g/mol. The Kier molecular flexibility index (Phi) is 7.55. The van der Waals surface area contributed by atoms with E-state index in [1.807, 2.05) is 24.3 Å². The standard InChI is InChI=1S/C25H21F3N6O3/c1-2-22(35)31-19-11-16(14-29)10-17(12-19)23-21(37-25(26,27)28)15-30-24(33-23)32-18-4-3-5-20(13-18)34-6-8-36-9-7-34/h2-5,10-13,15H,1,6-9H2,(H,31,35)(H,30,32,33). The highest BCUT2D eigenvalue weighted by atomic mass is 19.4. The first kappa shape index (κ1) is 25.5. The fraction of sp³-hybridized carbons (Fsp3) is 0.200. The molecule has 1 aromatic heterocycles. The number of carbonyl (C=O) groups is 1. The summed E-state index contributed by atoms with van der Waals surface area (Å²) in [6.45, 7) is 6.05. The largest absolute Gasteiger partial charge is 0.573 e. The van der Waals surface area contributed by atoms with Crippen molar-refractivity contribution in [2.75, 3.05) is 41.8 Å². The summed E-state index contributed by atoms with van der Waals surface area (Å²) in [4.78, 5) is 22.1. The van der Waals surface area contributed by atoms with Crippen LogP contribution in [0.5, 0.6) is 5.75 Å². The molecule has 0 aliphatic carbocycles. The highest BCUT2D eigenvalue weighted by molar-refractivity contribution is 5.99. The van der Waals surface area contributed by atoms with Crippen LogP contribution in [0.3, 0.4) is 0 Å². The van der Waals surface area contributed by atoms with Gasteiger partial charge in [0.05, 0.1) is 31.0 Å². The van der Waals surface area contributed by atoms with Crippen LogP contribution in [-0.4, -0.2) is 48.5 Å². The summed E-state index contributed by atoms with van der Waals surface area (Å²) in [7, 11) is 0. The normalized spacial score (nSPS) is 13.4. The first-order valence-electron chi connectivity index (χ1n) is 11.1. The number of amides is 1. The van der Waals surface area contributed by atoms with Crippen LogP contribution in [0.25, 0.3) is 11.3 Å². The van der Waals surface area contributed by atoms with E-state index in [0.717, 1.165) is 31.0 Å². The van der Waals surface area contributed by atoms with Crippen LogP contribution in [0.4, 0.5) is 36.2 Å². The summed E-state index contributed by atoms with van der Waals surface area (Å²) in [5.41, 5.74) is 1.68. The number of nitriles is 1. The molecule has 190 valence electrons. The van der Waals surface area contributed by atoms with Crippen molar-refractivity contribution in [3.63, 3.8) is 0 Å². The first-order chi connectivity index (χ1) is 17.7. The number of aromatic nitrogens is 2. The first-order valence-corrected chi connectivity index (χ1v) is 11.1. The third-order valence-corrected chi connectivity index (χ3v) is 5.25. The molecular formula is C25H21F3N6O3. The summed E-state index contributed by atoms with van der Waals surface area (Å²) in [6.07, 6.45) is -3.09. The third kappa shape index (κ3) is 6.74. The summed E-state index contributed by atoms with van der Waals surface area (Å²) < 4.78 is 48.9. The van der Waals surface area contributed by atoms with Gasteiger partial charge in [0, 0.05) is 35.7 Å². The van der Waals surface area contributed by atoms with Crippen LogP contribution in [-0.2, 0) is 9.53 Å². The summed E-state index contributed by atoms with van der Waals surface area (Å²) in [6, 6.07) is 13.4. The van der Waals surface area contributed by atoms with E-state index in [9.17, 15) is 23.2 Å². The van der Waals surface area contributed by atoms with Gasteiger partial charge in [-0.15, -0.1) is 13.2 Å². The Morgan fingerprint density at radius 3 is 2.68 bits per heavy atom. The molecule has 0 atom stereocenters. The molecule has 0 unspecified atom stereocenters. The van der Waals surface area contributed by atoms with Gasteiger partial charge < -0.3 is 25.0 Å². The van der Waals surface area contributed by atoms with Gasteiger partial charge in [0.1, 0.15) is 5.69 Å². The molecule has 1 saturated heterocycles. The Morgan fingerprint density at radius 1 is 1.19 bits per heavy atom. The molecule has 4 rings (SSSR count). The van der Waals surface area contributed by atoms with Gasteiger partial charge in [-0.05, 0) is 42.5 Å². The zero-order valence-electron chi connectivity index (χ0n) is 19.4. The van der Waals surface area contributed by atoms with Gasteiger partial charge in [-0.1, -0.05) is 12.6 Å². The fourth-order valence-electron chi connectivity index (χ4n) is 3.66. The Bertz CT molecular complexity index is 1350. The van der Waals surface area contributed by atoms with Crippen molar-refractivity contribution in [3.05, 3.63) is 66.9 Å². The van der Waals surface area contributed by atoms with E-state index >= 15 is 0 Å². The molecule has 2 N–H and O–H groups in total. The lowest BCUT2D eigenvalue weighted by Crippen LogP contribution is -2.36. The van der Waals surface area contributed by atoms with Crippen molar-refractivity contribution < 1.29 is 27.4 Å². The van der Waals surface area contributed by atoms with Crippen molar-refractivity contribution in [2.24, 2.45) is 0 Å². The van der Waals surface area contributed by atoms with E-state index in [1.165, 1.54) is 18.2 Å². The van der Waals surface area contributed by atoms with E-state index in [-0.39, 0.29) is 28.5 Å². The quantitative estimate of drug-likeness (QED) is 0.443. The number of ether oxygens (including phenoxy) is 2. The molecule has 12 heteroatoms. The molecule has 1 amide bonds. The number of benzene rings is 2. The van der Waals surface area contributed by atoms with Gasteiger partial charge in [0.25, 0.3) is 0 Å². The second-order valence-corrected chi connectivity index (χ2v) is 7.83. The molecule has 1 fully saturated rings. The average Bonchev–Trinajstić information content (AvgIpc) is 2.89. The van der Waals surface area contributed by atoms with Crippen molar-refractivity contribution in [1.29, 1.82) is 5.26 Å². The number of nitrogens with one attached hydrogen (secondary N) is 2. The van der Waals surface area contributed by atoms with Crippen LogP contribution in [0.1, 0.15) is 5.56 Å². The van der Waals surface area contributed by atoms with Crippen LogP contribution >= 0.6 is 0 Å². The minimum absolute atomic E-state index is 0.00249. The zero-order chi connectivity index (χ0) is 26.4. The highest BCUT2D eigenvalue weighted by Gasteiger charge is 2.33. The number of hydrogen-bond acceptors (Lipinski definition) is 8. The number of rotatable bonds is 7. The molecule has 1 aliphatic heterocycles. The van der Waals surface area contributed by atoms with E-state index < -0.39 is 18.0 Å². The number of alkyl halides is 3. The predicted molar refractivity (Wildman–Crippen MR) is 130 cm³/mol. The van der Waals surface area contributed by atoms with E-state index in [2.05, 4.69) is 36.8 Å². The van der Waals surface area contributed by atoms with Gasteiger partial charge in [0.2, 0.25) is 11.9 Å². The Labute approximate surface area is 210 Å². The second-order valence-electron chi connectivity index (χ2n) is 7.83. The maximum atomic E-state index is 13.1. The van der Waals surface area contributed by atoms with Crippen LogP contribution in [0.15, 0.2) is 61.3 Å². The molecule has 0 radical (unpaired) electrons. The van der Waals surface area contributed by atoms with E-state index in [4.69, 9.17) is 4.74 Å². The Hall–Kier alpha value is -4.63. The average molecular weight is 510 g/mol. The lowest BCUT2D eigenvalue weighted by Gasteiger charge is -2.29. The molecule has 3 aromatic rings. The minimum Gasteiger partial charge on any atom is -0.402 e. The minimum atomic E-state index is -5.01. The van der Waals surface area contributed by atoms with E-state index in [0.29, 0.717) is 18.9 Å². The highest BCUT2D eigenvalue weighted by Crippen LogP contribution is 2.35. The SMILES string of the molecule is C=CC(=O)Nc1cc(C#N)cc(-c2nc(Nc3cccc(N4CCOCC4)c3)ncc2OC(F)(F)F)c1. The van der Waals surface area contributed by atoms with Gasteiger partial charge >= 0.3 is 6.36 Å². The third-order valence-electron chi connectivity index (χ3n) is 5.25. The van der Waals surface area contributed by atoms with Crippen LogP contribution in [0, 0.1) is 11.3 Å². The topological polar surface area (TPSA) is 112 Å². The molecule has 9 nitrogen and oxygen atoms in total. The van der Waals surface area contributed by atoms with Crippen molar-refractivity contribution in [2.45, 2.75) is 6.36 Å². The Balaban J connectivity index is 1.71. The van der Waals surface area contributed by atoms with Crippen molar-refractivity contribution >= 4 is 28.9 Å². The summed E-state index contributed by atoms with van der Waals surface area (Å²) >= 11 is 0. The van der Waals surface area contributed by atoms with Crippen LogP contribution < -0.4 is 20.3 Å². The molecule has 2 heterocycles. The number of carbonyl (C=O) groups excluding carboxylic acids is 1. The summed E-state index contributed by atoms with van der Waals surface area (Å²) in [5.74, 6) is -1.23. The fourth-order valence-corrected chi connectivity index (χ4v) is 3.66. The zero-order valence-corrected chi connectivity index (χ0v) is 19.4. The van der Waals surface area contributed by atoms with Gasteiger partial charge in [-0.2, -0.15) is 5.26 Å². The lowest BCUT2D eigenvalue weighted by molar-refractivity contribution is -0.274. The van der Waals surface area contributed by atoms with Crippen molar-refractivity contribution in [1.82, 2.24) is 9.97 Å². The number of morpholine rings is 1. The molecular weight excluding hydrogens is 489 g/mol.